The molecule has 7 rings (SSSR count). The van der Waals surface area contributed by atoms with E-state index in [0.717, 1.165) is 0 Å². The maximum atomic E-state index is 2.52. The summed E-state index contributed by atoms with van der Waals surface area (Å²) in [5.74, 6) is 0. The number of rotatable bonds is 2. The minimum Gasteiger partial charge on any atom is -0.311 e. The average molecular weight is 519 g/mol. The maximum absolute atomic E-state index is 2.52. The highest BCUT2D eigenvalue weighted by Gasteiger charge is 2.44. The molecule has 0 N–H and O–H groups in total. The number of anilines is 6. The van der Waals surface area contributed by atoms with Crippen LogP contribution >= 0.6 is 0 Å². The lowest BCUT2D eigenvalue weighted by molar-refractivity contribution is 0.590. The molecule has 0 radical (unpaired) electrons. The molecule has 0 amide bonds. The molecule has 0 spiro atoms. The van der Waals surface area contributed by atoms with E-state index in [2.05, 4.69) is 154 Å². The van der Waals surface area contributed by atoms with Crippen LogP contribution in [0.25, 0.3) is 0 Å². The second kappa shape index (κ2) is 8.89. The molecule has 0 fully saturated rings. The molecule has 0 atom stereocenters. The minimum atomic E-state index is -0.0118. The molecule has 196 valence electrons. The Morgan fingerprint density at radius 2 is 1.12 bits per heavy atom. The monoisotopic (exact) mass is 518 g/mol. The number of aryl methyl sites for hydroxylation is 3. The second-order valence-electron chi connectivity index (χ2n) is 12.6. The lowest BCUT2D eigenvalue weighted by Crippen LogP contribution is -2.61. The van der Waals surface area contributed by atoms with Gasteiger partial charge in [0.05, 0.1) is 0 Å². The zero-order valence-electron chi connectivity index (χ0n) is 24.3. The van der Waals surface area contributed by atoms with E-state index in [1.165, 1.54) is 72.8 Å². The average Bonchev–Trinajstić information content (AvgIpc) is 2.92. The van der Waals surface area contributed by atoms with Gasteiger partial charge in [0.25, 0.3) is 6.71 Å². The predicted molar refractivity (Wildman–Crippen MR) is 173 cm³/mol. The Hall–Kier alpha value is -4.24. The highest BCUT2D eigenvalue weighted by atomic mass is 15.2. The SMILES string of the molecule is Cc1cccc(N2c3cc(C)ccc3B3c4cc(C)ccc4N(c4ccccc4)c4cc(C(C)(C)C)cc2c43)c1. The summed E-state index contributed by atoms with van der Waals surface area (Å²) in [7, 11) is 0. The molecule has 0 saturated carbocycles. The van der Waals surface area contributed by atoms with Gasteiger partial charge in [0, 0.05) is 34.1 Å². The predicted octanol–water partition coefficient (Wildman–Crippen LogP) is 7.99. The van der Waals surface area contributed by atoms with Crippen molar-refractivity contribution in [3.8, 4) is 0 Å². The largest absolute Gasteiger partial charge is 0.311 e. The van der Waals surface area contributed by atoms with E-state index in [4.69, 9.17) is 0 Å². The Morgan fingerprint density at radius 1 is 0.500 bits per heavy atom. The van der Waals surface area contributed by atoms with E-state index < -0.39 is 0 Å². The molecule has 40 heavy (non-hydrogen) atoms. The smallest absolute Gasteiger partial charge is 0.252 e. The highest BCUT2D eigenvalue weighted by Crippen LogP contribution is 2.46. The molecule has 0 bridgehead atoms. The fraction of sp³-hybridized carbons (Fsp3) is 0.189. The molecular weight excluding hydrogens is 483 g/mol. The molecule has 5 aromatic rings. The first kappa shape index (κ1) is 24.8. The van der Waals surface area contributed by atoms with Crippen molar-refractivity contribution in [3.05, 3.63) is 125 Å². The van der Waals surface area contributed by atoms with E-state index in [0.29, 0.717) is 0 Å². The van der Waals surface area contributed by atoms with Gasteiger partial charge in [0.1, 0.15) is 0 Å². The Morgan fingerprint density at radius 3 is 1.82 bits per heavy atom. The van der Waals surface area contributed by atoms with E-state index in [1.54, 1.807) is 0 Å². The number of fused-ring (bicyclic) bond motifs is 4. The van der Waals surface area contributed by atoms with Gasteiger partial charge in [-0.3, -0.25) is 0 Å². The Labute approximate surface area is 239 Å². The van der Waals surface area contributed by atoms with Crippen LogP contribution in [-0.4, -0.2) is 6.71 Å². The van der Waals surface area contributed by atoms with Crippen LogP contribution in [0.1, 0.15) is 43.0 Å². The summed E-state index contributed by atoms with van der Waals surface area (Å²) < 4.78 is 0. The molecule has 5 aromatic carbocycles. The van der Waals surface area contributed by atoms with E-state index in [9.17, 15) is 0 Å². The number of para-hydroxylation sites is 1. The van der Waals surface area contributed by atoms with Crippen molar-refractivity contribution < 1.29 is 0 Å². The third kappa shape index (κ3) is 3.79. The topological polar surface area (TPSA) is 6.48 Å². The van der Waals surface area contributed by atoms with Crippen molar-refractivity contribution in [1.29, 1.82) is 0 Å². The van der Waals surface area contributed by atoms with Gasteiger partial charge in [-0.2, -0.15) is 0 Å². The maximum Gasteiger partial charge on any atom is 0.252 e. The first-order valence-electron chi connectivity index (χ1n) is 14.3. The second-order valence-corrected chi connectivity index (χ2v) is 12.6. The summed E-state index contributed by atoms with van der Waals surface area (Å²) >= 11 is 0. The first-order chi connectivity index (χ1) is 19.2. The Balaban J connectivity index is 1.64. The van der Waals surface area contributed by atoms with Crippen molar-refractivity contribution in [3.63, 3.8) is 0 Å². The summed E-state index contributed by atoms with van der Waals surface area (Å²) in [6, 6.07) is 38.7. The van der Waals surface area contributed by atoms with Crippen molar-refractivity contribution in [2.45, 2.75) is 47.0 Å². The molecule has 0 saturated heterocycles. The summed E-state index contributed by atoms with van der Waals surface area (Å²) in [5.41, 5.74) is 16.8. The van der Waals surface area contributed by atoms with E-state index in [-0.39, 0.29) is 12.1 Å². The molecular formula is C37H35BN2. The normalized spacial score (nSPS) is 13.6. The van der Waals surface area contributed by atoms with Crippen molar-refractivity contribution >= 4 is 57.2 Å². The van der Waals surface area contributed by atoms with Gasteiger partial charge < -0.3 is 9.80 Å². The van der Waals surface area contributed by atoms with Gasteiger partial charge >= 0.3 is 0 Å². The summed E-state index contributed by atoms with van der Waals surface area (Å²) in [4.78, 5) is 5.01. The van der Waals surface area contributed by atoms with E-state index >= 15 is 0 Å². The minimum absolute atomic E-state index is 0.0118. The van der Waals surface area contributed by atoms with Gasteiger partial charge in [-0.25, -0.2) is 0 Å². The van der Waals surface area contributed by atoms with Crippen LogP contribution in [0.5, 0.6) is 0 Å². The Bertz CT molecular complexity index is 1780. The summed E-state index contributed by atoms with van der Waals surface area (Å²) in [6.07, 6.45) is 0. The molecule has 2 aliphatic heterocycles. The molecule has 0 unspecified atom stereocenters. The first-order valence-corrected chi connectivity index (χ1v) is 14.3. The lowest BCUT2D eigenvalue weighted by Gasteiger charge is -2.45. The van der Waals surface area contributed by atoms with Crippen LogP contribution in [0.2, 0.25) is 0 Å². The molecule has 2 nitrogen and oxygen atoms in total. The summed E-state index contributed by atoms with van der Waals surface area (Å²) in [6.45, 7) is 13.7. The van der Waals surface area contributed by atoms with Gasteiger partial charge in [0.15, 0.2) is 0 Å². The Kier molecular flexibility index (Phi) is 5.51. The molecule has 2 heterocycles. The molecule has 2 aliphatic rings. The quantitative estimate of drug-likeness (QED) is 0.214. The van der Waals surface area contributed by atoms with Gasteiger partial charge in [-0.05, 0) is 108 Å². The van der Waals surface area contributed by atoms with Crippen LogP contribution in [0.15, 0.2) is 103 Å². The van der Waals surface area contributed by atoms with Crippen LogP contribution < -0.4 is 26.2 Å². The number of hydrogen-bond acceptors (Lipinski definition) is 2. The highest BCUT2D eigenvalue weighted by molar-refractivity contribution is 7.00. The van der Waals surface area contributed by atoms with Gasteiger partial charge in [-0.15, -0.1) is 0 Å². The fourth-order valence-corrected chi connectivity index (χ4v) is 6.56. The zero-order valence-corrected chi connectivity index (χ0v) is 24.3. The number of benzene rings is 5. The third-order valence-electron chi connectivity index (χ3n) is 8.52. The lowest BCUT2D eigenvalue weighted by atomic mass is 9.33. The van der Waals surface area contributed by atoms with Crippen LogP contribution in [0, 0.1) is 20.8 Å². The summed E-state index contributed by atoms with van der Waals surface area (Å²) in [5, 5.41) is 0. The standard InChI is InChI=1S/C37H35BN2/c1-24-11-10-14-29(19-24)40-33-21-26(3)15-17-30(33)38-31-20-25(2)16-18-32(31)39(28-12-8-7-9-13-28)34-22-27(37(4,5)6)23-35(40)36(34)38/h7-23H,1-6H3. The van der Waals surface area contributed by atoms with Crippen LogP contribution in [0.3, 0.4) is 0 Å². The van der Waals surface area contributed by atoms with Crippen molar-refractivity contribution in [1.82, 2.24) is 0 Å². The number of hydrogen-bond donors (Lipinski definition) is 0. The van der Waals surface area contributed by atoms with Crippen LogP contribution in [0.4, 0.5) is 34.1 Å². The molecule has 3 heteroatoms. The van der Waals surface area contributed by atoms with Crippen LogP contribution in [-0.2, 0) is 5.41 Å². The number of nitrogens with zero attached hydrogens (tertiary/aromatic N) is 2. The van der Waals surface area contributed by atoms with Gasteiger partial charge in [0.2, 0.25) is 0 Å². The fourth-order valence-electron chi connectivity index (χ4n) is 6.56. The van der Waals surface area contributed by atoms with E-state index in [1.807, 2.05) is 0 Å². The zero-order chi connectivity index (χ0) is 27.8. The third-order valence-corrected chi connectivity index (χ3v) is 8.52. The van der Waals surface area contributed by atoms with Crippen molar-refractivity contribution in [2.24, 2.45) is 0 Å². The van der Waals surface area contributed by atoms with Crippen molar-refractivity contribution in [2.75, 3.05) is 9.80 Å². The van der Waals surface area contributed by atoms with Gasteiger partial charge in [-0.1, -0.05) is 80.9 Å². The molecule has 0 aliphatic carbocycles. The molecule has 0 aromatic heterocycles.